The summed E-state index contributed by atoms with van der Waals surface area (Å²) in [5, 5.41) is 3.79. The fraction of sp³-hybridized carbons (Fsp3) is 0.0909. The Kier molecular flexibility index (Phi) is 6.29. The minimum atomic E-state index is -0.694. The van der Waals surface area contributed by atoms with Crippen LogP contribution in [0.5, 0.6) is 0 Å². The molecule has 0 aliphatic rings. The van der Waals surface area contributed by atoms with E-state index in [1.807, 2.05) is 0 Å². The van der Waals surface area contributed by atoms with Gasteiger partial charge in [-0.25, -0.2) is 10.2 Å². The van der Waals surface area contributed by atoms with Gasteiger partial charge >= 0.3 is 6.03 Å². The van der Waals surface area contributed by atoms with Crippen molar-refractivity contribution in [3.8, 4) is 0 Å². The molecule has 0 unspecified atom stereocenters. The van der Waals surface area contributed by atoms with Gasteiger partial charge in [0.2, 0.25) is 0 Å². The lowest BCUT2D eigenvalue weighted by molar-refractivity contribution is 0.249. The second-order valence-corrected chi connectivity index (χ2v) is 2.63. The van der Waals surface area contributed by atoms with Gasteiger partial charge in [0.05, 0.1) is 5.71 Å². The van der Waals surface area contributed by atoms with Crippen LogP contribution in [0.25, 0.3) is 0 Å². The first-order valence-electron chi connectivity index (χ1n) is 4.33. The lowest BCUT2D eigenvalue weighted by Gasteiger charge is -2.00. The van der Waals surface area contributed by atoms with Gasteiger partial charge in [0.15, 0.2) is 0 Å². The second-order valence-electron chi connectivity index (χ2n) is 2.63. The van der Waals surface area contributed by atoms with Gasteiger partial charge in [0.25, 0.3) is 0 Å². The van der Waals surface area contributed by atoms with E-state index in [1.165, 1.54) is 0 Å². The Morgan fingerprint density at radius 3 is 2.53 bits per heavy atom. The minimum absolute atomic E-state index is 0.631. The van der Waals surface area contributed by atoms with Crippen molar-refractivity contribution in [1.82, 2.24) is 5.43 Å². The lowest BCUT2D eigenvalue weighted by Crippen LogP contribution is -2.25. The van der Waals surface area contributed by atoms with E-state index in [0.717, 1.165) is 5.57 Å². The van der Waals surface area contributed by atoms with Crippen molar-refractivity contribution in [1.29, 1.82) is 0 Å². The van der Waals surface area contributed by atoms with E-state index in [2.05, 4.69) is 23.7 Å². The largest absolute Gasteiger partial charge is 0.350 e. The molecular weight excluding hydrogens is 190 g/mol. The summed E-state index contributed by atoms with van der Waals surface area (Å²) < 4.78 is 0. The Balaban J connectivity index is 4.76. The van der Waals surface area contributed by atoms with Crippen LogP contribution in [0.2, 0.25) is 0 Å². The number of nitrogens with zero attached hydrogens (tertiary/aromatic N) is 1. The van der Waals surface area contributed by atoms with E-state index in [1.54, 1.807) is 37.3 Å². The van der Waals surface area contributed by atoms with E-state index in [-0.39, 0.29) is 0 Å². The molecule has 0 saturated carbocycles. The van der Waals surface area contributed by atoms with Crippen LogP contribution in [0.15, 0.2) is 54.2 Å². The molecule has 3 N–H and O–H groups in total. The Hall–Kier alpha value is -2.10. The zero-order chi connectivity index (χ0) is 11.7. The number of nitrogens with two attached hydrogens (primary N) is 1. The first-order chi connectivity index (χ1) is 7.11. The molecule has 0 aromatic carbocycles. The molecule has 0 heterocycles. The predicted octanol–water partition coefficient (Wildman–Crippen LogP) is 1.89. The molecule has 0 saturated heterocycles. The highest BCUT2D eigenvalue weighted by Crippen LogP contribution is 2.01. The molecule has 0 atom stereocenters. The zero-order valence-corrected chi connectivity index (χ0v) is 8.73. The van der Waals surface area contributed by atoms with Crippen molar-refractivity contribution in [3.63, 3.8) is 0 Å². The van der Waals surface area contributed by atoms with Crippen LogP contribution in [0.1, 0.15) is 6.92 Å². The monoisotopic (exact) mass is 205 g/mol. The molecule has 0 radical (unpaired) electrons. The van der Waals surface area contributed by atoms with Crippen molar-refractivity contribution in [3.05, 3.63) is 49.1 Å². The van der Waals surface area contributed by atoms with Gasteiger partial charge in [-0.15, -0.1) is 0 Å². The zero-order valence-electron chi connectivity index (χ0n) is 8.73. The molecule has 0 fully saturated rings. The third-order valence-corrected chi connectivity index (χ3v) is 1.46. The van der Waals surface area contributed by atoms with Crippen LogP contribution >= 0.6 is 0 Å². The molecule has 0 spiro atoms. The van der Waals surface area contributed by atoms with Crippen molar-refractivity contribution in [2.24, 2.45) is 10.8 Å². The molecule has 0 rings (SSSR count). The van der Waals surface area contributed by atoms with E-state index < -0.39 is 6.03 Å². The average Bonchev–Trinajstić information content (AvgIpc) is 2.20. The summed E-state index contributed by atoms with van der Waals surface area (Å²) in [5.74, 6) is 0. The number of hydrogen-bond donors (Lipinski definition) is 2. The predicted molar refractivity (Wildman–Crippen MR) is 63.4 cm³/mol. The van der Waals surface area contributed by atoms with Crippen molar-refractivity contribution < 1.29 is 4.79 Å². The highest BCUT2D eigenvalue weighted by molar-refractivity contribution is 6.01. The molecule has 80 valence electrons. The standard InChI is InChI=1S/C11H15N3O/c1-4-6-8-10(7-5-2)9(3)13-14-11(12)15/h4-8H,1-2H2,3H3,(H3,12,14,15)/b8-6-,10-7+,13-9+. The van der Waals surface area contributed by atoms with Crippen molar-refractivity contribution >= 4 is 11.7 Å². The molecule has 0 aliphatic carbocycles. The third-order valence-electron chi connectivity index (χ3n) is 1.46. The number of rotatable bonds is 5. The summed E-state index contributed by atoms with van der Waals surface area (Å²) in [5.41, 5.74) is 8.49. The Morgan fingerprint density at radius 2 is 2.07 bits per heavy atom. The van der Waals surface area contributed by atoms with E-state index in [0.29, 0.717) is 5.71 Å². The maximum Gasteiger partial charge on any atom is 0.332 e. The molecule has 4 heteroatoms. The van der Waals surface area contributed by atoms with E-state index in [4.69, 9.17) is 5.73 Å². The average molecular weight is 205 g/mol. The molecule has 0 aromatic rings. The number of amides is 2. The first-order valence-corrected chi connectivity index (χ1v) is 4.33. The van der Waals surface area contributed by atoms with Gasteiger partial charge in [0, 0.05) is 0 Å². The Bertz CT molecular complexity index is 338. The maximum atomic E-state index is 10.4. The topological polar surface area (TPSA) is 67.5 Å². The van der Waals surface area contributed by atoms with Gasteiger partial charge in [-0.1, -0.05) is 43.5 Å². The number of allylic oxidation sites excluding steroid dienone is 6. The summed E-state index contributed by atoms with van der Waals surface area (Å²) in [4.78, 5) is 10.4. The molecule has 2 amide bonds. The van der Waals surface area contributed by atoms with Crippen LogP contribution in [0, 0.1) is 0 Å². The number of primary amides is 1. The molecular formula is C11H15N3O. The van der Waals surface area contributed by atoms with Crippen LogP contribution in [0.3, 0.4) is 0 Å². The van der Waals surface area contributed by atoms with Gasteiger partial charge in [0.1, 0.15) is 0 Å². The summed E-state index contributed by atoms with van der Waals surface area (Å²) in [6, 6.07) is -0.694. The van der Waals surface area contributed by atoms with Gasteiger partial charge in [-0.3, -0.25) is 0 Å². The van der Waals surface area contributed by atoms with Gasteiger partial charge in [-0.05, 0) is 12.5 Å². The number of carbonyl (C=O) groups is 1. The SMILES string of the molecule is C=C\C=C/C(=C\C=C)C(/C)=N/NC(N)=O. The summed E-state index contributed by atoms with van der Waals surface area (Å²) >= 11 is 0. The Morgan fingerprint density at radius 1 is 1.40 bits per heavy atom. The summed E-state index contributed by atoms with van der Waals surface area (Å²) in [6.45, 7) is 8.89. The third kappa shape index (κ3) is 6.04. The van der Waals surface area contributed by atoms with Gasteiger partial charge < -0.3 is 5.73 Å². The highest BCUT2D eigenvalue weighted by atomic mass is 16.2. The minimum Gasteiger partial charge on any atom is -0.350 e. The van der Waals surface area contributed by atoms with Crippen LogP contribution in [-0.2, 0) is 0 Å². The van der Waals surface area contributed by atoms with Crippen molar-refractivity contribution in [2.45, 2.75) is 6.92 Å². The van der Waals surface area contributed by atoms with Crippen LogP contribution in [-0.4, -0.2) is 11.7 Å². The number of carbonyl (C=O) groups excluding carboxylic acids is 1. The fourth-order valence-corrected chi connectivity index (χ4v) is 0.799. The highest BCUT2D eigenvalue weighted by Gasteiger charge is 1.96. The smallest absolute Gasteiger partial charge is 0.332 e. The quantitative estimate of drug-likeness (QED) is 0.401. The number of hydrogen-bond acceptors (Lipinski definition) is 2. The van der Waals surface area contributed by atoms with E-state index in [9.17, 15) is 4.79 Å². The lowest BCUT2D eigenvalue weighted by atomic mass is 10.1. The normalized spacial score (nSPS) is 12.6. The molecule has 0 aromatic heterocycles. The summed E-state index contributed by atoms with van der Waals surface area (Å²) in [7, 11) is 0. The van der Waals surface area contributed by atoms with Crippen LogP contribution < -0.4 is 11.2 Å². The fourth-order valence-electron chi connectivity index (χ4n) is 0.799. The summed E-state index contributed by atoms with van der Waals surface area (Å²) in [6.07, 6.45) is 8.61. The molecule has 0 bridgehead atoms. The van der Waals surface area contributed by atoms with Crippen LogP contribution in [0.4, 0.5) is 4.79 Å². The number of nitrogens with one attached hydrogen (secondary N) is 1. The molecule has 0 aliphatic heterocycles. The van der Waals surface area contributed by atoms with E-state index >= 15 is 0 Å². The first kappa shape index (κ1) is 12.9. The molecule has 4 nitrogen and oxygen atoms in total. The van der Waals surface area contributed by atoms with Crippen molar-refractivity contribution in [2.75, 3.05) is 0 Å². The maximum absolute atomic E-state index is 10.4. The Labute approximate surface area is 89.5 Å². The molecule has 15 heavy (non-hydrogen) atoms. The second kappa shape index (κ2) is 7.32. The number of hydrazone groups is 1. The number of urea groups is 1. The van der Waals surface area contributed by atoms with Gasteiger partial charge in [-0.2, -0.15) is 5.10 Å².